The summed E-state index contributed by atoms with van der Waals surface area (Å²) in [6, 6.07) is 10.3. The van der Waals surface area contributed by atoms with Gasteiger partial charge in [-0.1, -0.05) is 25.5 Å². The number of benzene rings is 1. The molecule has 0 bridgehead atoms. The molecular weight excluding hydrogens is 448 g/mol. The van der Waals surface area contributed by atoms with E-state index in [1.807, 2.05) is 58.9 Å². The van der Waals surface area contributed by atoms with Gasteiger partial charge in [-0.2, -0.15) is 4.80 Å². The van der Waals surface area contributed by atoms with Gasteiger partial charge in [-0.05, 0) is 69.2 Å². The van der Waals surface area contributed by atoms with Gasteiger partial charge in [0.15, 0.2) is 5.76 Å². The second-order valence-electron chi connectivity index (χ2n) is 9.47. The summed E-state index contributed by atoms with van der Waals surface area (Å²) < 4.78 is 10.8. The van der Waals surface area contributed by atoms with E-state index >= 15 is 0 Å². The summed E-state index contributed by atoms with van der Waals surface area (Å²) >= 11 is 0. The van der Waals surface area contributed by atoms with E-state index in [0.717, 1.165) is 23.5 Å². The van der Waals surface area contributed by atoms with E-state index in [1.54, 1.807) is 24.1 Å². The lowest BCUT2D eigenvalue weighted by Crippen LogP contribution is -2.54. The van der Waals surface area contributed by atoms with Crippen LogP contribution in [0.4, 0.5) is 0 Å². The van der Waals surface area contributed by atoms with Gasteiger partial charge in [-0.25, -0.2) is 0 Å². The number of hydrogen-bond acceptors (Lipinski definition) is 7. The fraction of sp³-hybridized carbons (Fsp3) is 0.480. The van der Waals surface area contributed by atoms with Gasteiger partial charge >= 0.3 is 0 Å². The van der Waals surface area contributed by atoms with E-state index in [9.17, 15) is 9.59 Å². The van der Waals surface area contributed by atoms with Crippen molar-refractivity contribution >= 4 is 11.8 Å². The zero-order valence-electron chi connectivity index (χ0n) is 21.2. The van der Waals surface area contributed by atoms with Crippen molar-refractivity contribution in [3.05, 3.63) is 47.7 Å². The summed E-state index contributed by atoms with van der Waals surface area (Å²) in [5, 5.41) is 15.3. The molecule has 2 heterocycles. The molecule has 10 heteroatoms. The predicted octanol–water partition coefficient (Wildman–Crippen LogP) is 3.36. The number of aromatic nitrogens is 4. The molecular formula is C25H34N6O4. The van der Waals surface area contributed by atoms with Gasteiger partial charge in [-0.15, -0.1) is 10.2 Å². The zero-order valence-corrected chi connectivity index (χ0v) is 21.2. The second-order valence-corrected chi connectivity index (χ2v) is 9.47. The maximum atomic E-state index is 13.5. The number of furan rings is 1. The molecule has 3 rings (SSSR count). The van der Waals surface area contributed by atoms with Crippen LogP contribution in [0.5, 0.6) is 5.75 Å². The number of amides is 2. The molecule has 0 saturated carbocycles. The van der Waals surface area contributed by atoms with E-state index in [2.05, 4.69) is 20.7 Å². The summed E-state index contributed by atoms with van der Waals surface area (Å²) in [5.74, 6) is 1.73. The molecule has 0 aliphatic rings. The number of nitrogens with one attached hydrogen (secondary N) is 1. The highest BCUT2D eigenvalue weighted by atomic mass is 16.5. The third-order valence-corrected chi connectivity index (χ3v) is 5.26. The minimum Gasteiger partial charge on any atom is -0.497 e. The van der Waals surface area contributed by atoms with E-state index in [1.165, 1.54) is 4.80 Å². The van der Waals surface area contributed by atoms with E-state index in [-0.39, 0.29) is 24.9 Å². The highest BCUT2D eigenvalue weighted by Gasteiger charge is 2.32. The Kier molecular flexibility index (Phi) is 8.26. The molecule has 2 aromatic heterocycles. The van der Waals surface area contributed by atoms with Crippen molar-refractivity contribution in [1.29, 1.82) is 0 Å². The number of methoxy groups -OCH3 is 1. The lowest BCUT2D eigenvalue weighted by Gasteiger charge is -2.33. The van der Waals surface area contributed by atoms with E-state index < -0.39 is 11.6 Å². The first-order chi connectivity index (χ1) is 16.6. The first kappa shape index (κ1) is 25.9. The Morgan fingerprint density at radius 1 is 1.17 bits per heavy atom. The van der Waals surface area contributed by atoms with Crippen LogP contribution >= 0.6 is 0 Å². The minimum absolute atomic E-state index is 0.161. The van der Waals surface area contributed by atoms with Gasteiger partial charge in [-0.3, -0.25) is 9.59 Å². The van der Waals surface area contributed by atoms with Crippen LogP contribution in [0.2, 0.25) is 0 Å². The van der Waals surface area contributed by atoms with E-state index in [0.29, 0.717) is 18.0 Å². The minimum atomic E-state index is -0.649. The number of ether oxygens (including phenoxy) is 1. The van der Waals surface area contributed by atoms with Crippen molar-refractivity contribution < 1.29 is 18.7 Å². The Bertz CT molecular complexity index is 1130. The molecule has 1 N–H and O–H groups in total. The molecule has 0 radical (unpaired) electrons. The topological polar surface area (TPSA) is 115 Å². The maximum Gasteiger partial charge on any atom is 0.247 e. The Labute approximate surface area is 205 Å². The van der Waals surface area contributed by atoms with Crippen LogP contribution in [0.3, 0.4) is 0 Å². The average molecular weight is 483 g/mol. The van der Waals surface area contributed by atoms with Gasteiger partial charge < -0.3 is 19.4 Å². The Morgan fingerprint density at radius 2 is 1.89 bits per heavy atom. The van der Waals surface area contributed by atoms with Crippen molar-refractivity contribution in [2.24, 2.45) is 0 Å². The molecule has 3 aromatic rings. The van der Waals surface area contributed by atoms with Gasteiger partial charge in [0.2, 0.25) is 17.6 Å². The normalized spacial score (nSPS) is 12.3. The molecule has 0 spiro atoms. The third kappa shape index (κ3) is 7.14. The van der Waals surface area contributed by atoms with Crippen LogP contribution in [0.25, 0.3) is 11.6 Å². The number of aryl methyl sites for hydroxylation is 1. The SMILES string of the molecule is CCCC(C(=O)NC(C)(C)C)N(Cc1ccc(OC)cc1)C(=O)Cn1nnc(-c2ccc(C)o2)n1. The molecule has 35 heavy (non-hydrogen) atoms. The standard InChI is InChI=1S/C25H34N6O4/c1-7-8-20(24(33)26-25(3,4)5)30(15-18-10-12-19(34-6)13-11-18)22(32)16-31-28-23(27-29-31)21-14-9-17(2)35-21/h9-14,20H,7-8,15-16H2,1-6H3,(H,26,33). The maximum absolute atomic E-state index is 13.5. The van der Waals surface area contributed by atoms with Crippen LogP contribution in [0.1, 0.15) is 51.9 Å². The molecule has 1 atom stereocenters. The number of carbonyl (C=O) groups excluding carboxylic acids is 2. The second kappa shape index (κ2) is 11.2. The Morgan fingerprint density at radius 3 is 2.46 bits per heavy atom. The quantitative estimate of drug-likeness (QED) is 0.471. The fourth-order valence-corrected chi connectivity index (χ4v) is 3.63. The van der Waals surface area contributed by atoms with Gasteiger partial charge in [0.05, 0.1) is 7.11 Å². The molecule has 188 valence electrons. The monoisotopic (exact) mass is 482 g/mol. The average Bonchev–Trinajstić information content (AvgIpc) is 3.44. The summed E-state index contributed by atoms with van der Waals surface area (Å²) in [6.45, 7) is 9.66. The van der Waals surface area contributed by atoms with Crippen molar-refractivity contribution in [3.63, 3.8) is 0 Å². The largest absolute Gasteiger partial charge is 0.497 e. The number of hydrogen-bond donors (Lipinski definition) is 1. The highest BCUT2D eigenvalue weighted by Crippen LogP contribution is 2.19. The number of carbonyl (C=O) groups is 2. The predicted molar refractivity (Wildman–Crippen MR) is 130 cm³/mol. The zero-order chi connectivity index (χ0) is 25.6. The number of rotatable bonds is 10. The molecule has 0 fully saturated rings. The smallest absolute Gasteiger partial charge is 0.247 e. The molecule has 1 unspecified atom stereocenters. The first-order valence-corrected chi connectivity index (χ1v) is 11.7. The van der Waals surface area contributed by atoms with Gasteiger partial charge in [0, 0.05) is 12.1 Å². The van der Waals surface area contributed by atoms with Crippen molar-refractivity contribution in [2.45, 2.75) is 72.1 Å². The summed E-state index contributed by atoms with van der Waals surface area (Å²) in [4.78, 5) is 29.6. The highest BCUT2D eigenvalue weighted by molar-refractivity contribution is 5.88. The molecule has 0 aliphatic heterocycles. The van der Waals surface area contributed by atoms with Gasteiger partial charge in [0.25, 0.3) is 0 Å². The Balaban J connectivity index is 1.87. The van der Waals surface area contributed by atoms with Crippen LogP contribution in [0, 0.1) is 6.92 Å². The Hall–Kier alpha value is -3.69. The summed E-state index contributed by atoms with van der Waals surface area (Å²) in [6.07, 6.45) is 1.25. The first-order valence-electron chi connectivity index (χ1n) is 11.7. The van der Waals surface area contributed by atoms with Crippen LogP contribution in [-0.4, -0.2) is 55.6 Å². The lowest BCUT2D eigenvalue weighted by molar-refractivity contribution is -0.143. The number of nitrogens with zero attached hydrogens (tertiary/aromatic N) is 5. The van der Waals surface area contributed by atoms with Crippen LogP contribution < -0.4 is 10.1 Å². The molecule has 0 saturated heterocycles. The van der Waals surface area contributed by atoms with Crippen LogP contribution in [0.15, 0.2) is 40.8 Å². The van der Waals surface area contributed by atoms with Crippen LogP contribution in [-0.2, 0) is 22.7 Å². The summed E-state index contributed by atoms with van der Waals surface area (Å²) in [7, 11) is 1.60. The third-order valence-electron chi connectivity index (χ3n) is 5.26. The van der Waals surface area contributed by atoms with Crippen molar-refractivity contribution in [3.8, 4) is 17.3 Å². The molecule has 0 aliphatic carbocycles. The van der Waals surface area contributed by atoms with Crippen molar-refractivity contribution in [1.82, 2.24) is 30.4 Å². The summed E-state index contributed by atoms with van der Waals surface area (Å²) in [5.41, 5.74) is 0.448. The fourth-order valence-electron chi connectivity index (χ4n) is 3.63. The van der Waals surface area contributed by atoms with Crippen molar-refractivity contribution in [2.75, 3.05) is 7.11 Å². The molecule has 2 amide bonds. The lowest BCUT2D eigenvalue weighted by atomic mass is 10.0. The molecule has 10 nitrogen and oxygen atoms in total. The molecule has 1 aromatic carbocycles. The van der Waals surface area contributed by atoms with Gasteiger partial charge in [0.1, 0.15) is 24.1 Å². The number of tetrazole rings is 1. The van der Waals surface area contributed by atoms with E-state index in [4.69, 9.17) is 9.15 Å².